The van der Waals surface area contributed by atoms with Crippen LogP contribution in [0.15, 0.2) is 36.7 Å². The molecule has 0 aliphatic carbocycles. The summed E-state index contributed by atoms with van der Waals surface area (Å²) < 4.78 is 66.5. The molecule has 0 radical (unpaired) electrons. The molecule has 0 aliphatic rings. The molecule has 0 atom stereocenters. The second-order valence-electron chi connectivity index (χ2n) is 5.36. The molecular formula is C16H9ClF5N3O. The van der Waals surface area contributed by atoms with E-state index in [1.807, 2.05) is 0 Å². The number of carbonyl (C=O) groups is 1. The maximum absolute atomic E-state index is 13.5. The van der Waals surface area contributed by atoms with E-state index in [1.54, 1.807) is 0 Å². The van der Waals surface area contributed by atoms with Crippen LogP contribution in [0.1, 0.15) is 11.3 Å². The molecule has 0 saturated carbocycles. The first-order valence-electron chi connectivity index (χ1n) is 7.13. The molecule has 10 heteroatoms. The minimum absolute atomic E-state index is 0.0274. The van der Waals surface area contributed by atoms with Crippen LogP contribution < -0.4 is 5.32 Å². The third-order valence-corrected chi connectivity index (χ3v) is 3.73. The van der Waals surface area contributed by atoms with Crippen LogP contribution in [-0.4, -0.2) is 15.3 Å². The Labute approximate surface area is 148 Å². The Bertz CT molecular complexity index is 979. The Kier molecular flexibility index (Phi) is 4.57. The number of nitrogens with zero attached hydrogens (tertiary/aromatic N) is 2. The lowest BCUT2D eigenvalue weighted by Crippen LogP contribution is -2.16. The van der Waals surface area contributed by atoms with E-state index in [4.69, 9.17) is 11.6 Å². The molecule has 1 aromatic carbocycles. The predicted molar refractivity (Wildman–Crippen MR) is 83.9 cm³/mol. The zero-order chi connectivity index (χ0) is 19.1. The van der Waals surface area contributed by atoms with Crippen LogP contribution >= 0.6 is 11.6 Å². The van der Waals surface area contributed by atoms with Crippen LogP contribution in [-0.2, 0) is 17.4 Å². The average molecular weight is 390 g/mol. The van der Waals surface area contributed by atoms with Gasteiger partial charge in [-0.15, -0.1) is 0 Å². The summed E-state index contributed by atoms with van der Waals surface area (Å²) in [6.07, 6.45) is -3.03. The Morgan fingerprint density at radius 3 is 2.46 bits per heavy atom. The first kappa shape index (κ1) is 18.1. The van der Waals surface area contributed by atoms with Gasteiger partial charge in [0.05, 0.1) is 22.7 Å². The van der Waals surface area contributed by atoms with Crippen molar-refractivity contribution >= 4 is 28.8 Å². The maximum atomic E-state index is 13.5. The van der Waals surface area contributed by atoms with Crippen molar-refractivity contribution in [2.24, 2.45) is 0 Å². The average Bonchev–Trinajstić information content (AvgIpc) is 2.93. The predicted octanol–water partition coefficient (Wildman–Crippen LogP) is 4.47. The molecule has 0 fully saturated rings. The number of nitrogens with one attached hydrogen (secondary N) is 1. The summed E-state index contributed by atoms with van der Waals surface area (Å²) >= 11 is 5.81. The molecule has 3 rings (SSSR count). The molecule has 2 heterocycles. The van der Waals surface area contributed by atoms with E-state index in [1.165, 1.54) is 6.20 Å². The minimum atomic E-state index is -4.60. The Hall–Kier alpha value is -2.68. The van der Waals surface area contributed by atoms with Crippen molar-refractivity contribution in [1.29, 1.82) is 0 Å². The molecule has 26 heavy (non-hydrogen) atoms. The van der Waals surface area contributed by atoms with E-state index in [0.29, 0.717) is 0 Å². The van der Waals surface area contributed by atoms with Gasteiger partial charge in [0, 0.05) is 12.4 Å². The van der Waals surface area contributed by atoms with E-state index >= 15 is 0 Å². The number of hydrogen-bond acceptors (Lipinski definition) is 2. The first-order valence-corrected chi connectivity index (χ1v) is 7.51. The van der Waals surface area contributed by atoms with Gasteiger partial charge in [-0.05, 0) is 18.2 Å². The molecule has 0 aliphatic heterocycles. The molecule has 1 N–H and O–H groups in total. The molecule has 0 saturated heterocycles. The minimum Gasteiger partial charge on any atom is -0.321 e. The molecule has 1 amide bonds. The highest BCUT2D eigenvalue weighted by molar-refractivity contribution is 6.33. The number of para-hydroxylation sites is 1. The lowest BCUT2D eigenvalue weighted by atomic mass is 10.2. The van der Waals surface area contributed by atoms with Gasteiger partial charge in [0.15, 0.2) is 5.65 Å². The van der Waals surface area contributed by atoms with E-state index in [2.05, 4.69) is 10.3 Å². The fourth-order valence-corrected chi connectivity index (χ4v) is 2.57. The molecule has 3 aromatic rings. The highest BCUT2D eigenvalue weighted by atomic mass is 35.5. The summed E-state index contributed by atoms with van der Waals surface area (Å²) in [5.74, 6) is -2.69. The van der Waals surface area contributed by atoms with E-state index in [0.717, 1.165) is 34.9 Å². The maximum Gasteiger partial charge on any atom is 0.417 e. The normalized spacial score (nSPS) is 11.8. The van der Waals surface area contributed by atoms with Crippen molar-refractivity contribution in [3.8, 4) is 0 Å². The summed E-state index contributed by atoms with van der Waals surface area (Å²) in [4.78, 5) is 15.9. The van der Waals surface area contributed by atoms with Gasteiger partial charge in [0.2, 0.25) is 5.91 Å². The fourth-order valence-electron chi connectivity index (χ4n) is 2.31. The highest BCUT2D eigenvalue weighted by Gasteiger charge is 2.32. The van der Waals surface area contributed by atoms with Gasteiger partial charge < -0.3 is 9.72 Å². The molecular weight excluding hydrogens is 381 g/mol. The van der Waals surface area contributed by atoms with Crippen molar-refractivity contribution in [2.45, 2.75) is 12.6 Å². The summed E-state index contributed by atoms with van der Waals surface area (Å²) in [5.41, 5.74) is -1.48. The summed E-state index contributed by atoms with van der Waals surface area (Å²) in [6, 6.07) is 3.81. The van der Waals surface area contributed by atoms with Crippen molar-refractivity contribution in [2.75, 3.05) is 5.32 Å². The lowest BCUT2D eigenvalue weighted by Gasteiger charge is -2.07. The smallest absolute Gasteiger partial charge is 0.321 e. The number of amides is 1. The quantitative estimate of drug-likeness (QED) is 0.672. The van der Waals surface area contributed by atoms with Crippen LogP contribution in [0.25, 0.3) is 5.65 Å². The van der Waals surface area contributed by atoms with E-state index < -0.39 is 41.4 Å². The Morgan fingerprint density at radius 1 is 1.19 bits per heavy atom. The van der Waals surface area contributed by atoms with Crippen LogP contribution in [0, 0.1) is 11.6 Å². The van der Waals surface area contributed by atoms with Crippen molar-refractivity contribution in [3.05, 3.63) is 64.6 Å². The van der Waals surface area contributed by atoms with E-state index in [-0.39, 0.29) is 16.4 Å². The number of carbonyl (C=O) groups excluding carboxylic acids is 1. The van der Waals surface area contributed by atoms with Gasteiger partial charge >= 0.3 is 6.18 Å². The Morgan fingerprint density at radius 2 is 1.85 bits per heavy atom. The number of anilines is 1. The second-order valence-corrected chi connectivity index (χ2v) is 5.77. The molecule has 0 spiro atoms. The standard InChI is InChI=1S/C16H9ClF5N3O/c17-10-4-8(16(20,21)22)6-25-7-9(23-15(10)25)5-13(26)24-14-11(18)2-1-3-12(14)19/h1-4,6-7H,5H2,(H,24,26). The molecule has 0 unspecified atom stereocenters. The molecule has 0 bridgehead atoms. The number of benzene rings is 1. The zero-order valence-electron chi connectivity index (χ0n) is 12.7. The number of rotatable bonds is 3. The number of halogens is 6. The molecule has 136 valence electrons. The molecule has 2 aromatic heterocycles. The first-order chi connectivity index (χ1) is 12.1. The van der Waals surface area contributed by atoms with Crippen molar-refractivity contribution < 1.29 is 26.7 Å². The van der Waals surface area contributed by atoms with Crippen LogP contribution in [0.4, 0.5) is 27.6 Å². The Balaban J connectivity index is 1.85. The number of aromatic nitrogens is 2. The van der Waals surface area contributed by atoms with Crippen molar-refractivity contribution in [1.82, 2.24) is 9.38 Å². The van der Waals surface area contributed by atoms with E-state index in [9.17, 15) is 26.7 Å². The number of imidazole rings is 1. The van der Waals surface area contributed by atoms with Gasteiger partial charge in [-0.1, -0.05) is 17.7 Å². The van der Waals surface area contributed by atoms with Gasteiger partial charge in [-0.25, -0.2) is 13.8 Å². The van der Waals surface area contributed by atoms with Crippen LogP contribution in [0.3, 0.4) is 0 Å². The number of pyridine rings is 1. The fraction of sp³-hybridized carbons (Fsp3) is 0.125. The topological polar surface area (TPSA) is 46.4 Å². The monoisotopic (exact) mass is 389 g/mol. The summed E-state index contributed by atoms with van der Waals surface area (Å²) in [7, 11) is 0. The highest BCUT2D eigenvalue weighted by Crippen LogP contribution is 2.32. The second kappa shape index (κ2) is 6.56. The van der Waals surface area contributed by atoms with Crippen LogP contribution in [0.2, 0.25) is 5.02 Å². The zero-order valence-corrected chi connectivity index (χ0v) is 13.5. The third kappa shape index (κ3) is 3.62. The largest absolute Gasteiger partial charge is 0.417 e. The summed E-state index contributed by atoms with van der Waals surface area (Å²) in [5, 5.41) is 1.83. The number of hydrogen-bond donors (Lipinski definition) is 1. The van der Waals surface area contributed by atoms with Gasteiger partial charge in [0.25, 0.3) is 0 Å². The van der Waals surface area contributed by atoms with Gasteiger partial charge in [0.1, 0.15) is 17.3 Å². The number of alkyl halides is 3. The van der Waals surface area contributed by atoms with Gasteiger partial charge in [-0.3, -0.25) is 4.79 Å². The number of fused-ring (bicyclic) bond motifs is 1. The third-order valence-electron chi connectivity index (χ3n) is 3.45. The molecule has 4 nitrogen and oxygen atoms in total. The summed E-state index contributed by atoms with van der Waals surface area (Å²) in [6.45, 7) is 0. The SMILES string of the molecule is O=C(Cc1cn2cc(C(F)(F)F)cc(Cl)c2n1)Nc1c(F)cccc1F. The van der Waals surface area contributed by atoms with Gasteiger partial charge in [-0.2, -0.15) is 13.2 Å². The lowest BCUT2D eigenvalue weighted by molar-refractivity contribution is -0.137. The van der Waals surface area contributed by atoms with Crippen molar-refractivity contribution in [3.63, 3.8) is 0 Å². The van der Waals surface area contributed by atoms with Crippen LogP contribution in [0.5, 0.6) is 0 Å².